The highest BCUT2D eigenvalue weighted by Gasteiger charge is 2.02. The molecule has 1 aromatic rings. The Morgan fingerprint density at radius 2 is 1.50 bits per heavy atom. The molecule has 0 fully saturated rings. The van der Waals surface area contributed by atoms with Gasteiger partial charge < -0.3 is 0 Å². The van der Waals surface area contributed by atoms with Crippen molar-refractivity contribution in [2.45, 2.75) is 0 Å². The molecule has 0 spiro atoms. The quantitative estimate of drug-likeness (QED) is 0.488. The topological polar surface area (TPSA) is 26.9 Å². The van der Waals surface area contributed by atoms with Crippen LogP contribution in [0.4, 0.5) is 0 Å². The summed E-state index contributed by atoms with van der Waals surface area (Å²) < 4.78 is 1.32. The SMILES string of the molecule is N=[N+]1C=c2ccccc2=C1. The Morgan fingerprint density at radius 1 is 1.00 bits per heavy atom. The molecule has 48 valence electrons. The summed E-state index contributed by atoms with van der Waals surface area (Å²) in [6, 6.07) is 7.95. The Bertz CT molecular complexity index is 353. The summed E-state index contributed by atoms with van der Waals surface area (Å²) in [6.45, 7) is 0. The van der Waals surface area contributed by atoms with Gasteiger partial charge in [-0.2, -0.15) is 0 Å². The standard InChI is InChI=1S/C8H7N2/c9-10-5-7-3-1-2-4-8(7)6-10/h1-6,9H/q+1. The number of rotatable bonds is 0. The molecule has 0 radical (unpaired) electrons. The molecule has 1 aliphatic rings. The molecule has 1 aromatic carbocycles. The average molecular weight is 131 g/mol. The molecular formula is C8H7N2+. The summed E-state index contributed by atoms with van der Waals surface area (Å²) in [5.74, 6) is 0. The number of hydrogen-bond donors (Lipinski definition) is 1. The van der Waals surface area contributed by atoms with Gasteiger partial charge in [-0.25, -0.2) is 0 Å². The van der Waals surface area contributed by atoms with E-state index >= 15 is 0 Å². The Morgan fingerprint density at radius 3 is 2.00 bits per heavy atom. The first-order valence-electron chi connectivity index (χ1n) is 3.14. The summed E-state index contributed by atoms with van der Waals surface area (Å²) >= 11 is 0. The molecule has 0 atom stereocenters. The first-order chi connectivity index (χ1) is 4.86. The largest absolute Gasteiger partial charge is 0.209 e. The molecule has 1 aliphatic heterocycles. The van der Waals surface area contributed by atoms with E-state index in [-0.39, 0.29) is 0 Å². The zero-order valence-electron chi connectivity index (χ0n) is 5.41. The molecule has 0 saturated carbocycles. The smallest absolute Gasteiger partial charge is 0.0656 e. The van der Waals surface area contributed by atoms with Gasteiger partial charge in [-0.15, -0.1) is 0 Å². The maximum atomic E-state index is 7.24. The van der Waals surface area contributed by atoms with Crippen LogP contribution in [0.5, 0.6) is 0 Å². The van der Waals surface area contributed by atoms with Gasteiger partial charge in [0.15, 0.2) is 0 Å². The third kappa shape index (κ3) is 0.658. The second kappa shape index (κ2) is 1.77. The number of benzene rings is 1. The minimum Gasteiger partial charge on any atom is -0.0656 e. The van der Waals surface area contributed by atoms with Crippen molar-refractivity contribution in [1.82, 2.24) is 0 Å². The first kappa shape index (κ1) is 5.35. The number of nitrogens with zero attached hydrogens (tertiary/aromatic N) is 1. The lowest BCUT2D eigenvalue weighted by Crippen LogP contribution is -2.19. The Kier molecular flexibility index (Phi) is 0.947. The molecule has 1 heterocycles. The van der Waals surface area contributed by atoms with Gasteiger partial charge in [0.1, 0.15) is 0 Å². The first-order valence-corrected chi connectivity index (χ1v) is 3.14. The van der Waals surface area contributed by atoms with Gasteiger partial charge in [-0.1, -0.05) is 16.8 Å². The van der Waals surface area contributed by atoms with Gasteiger partial charge in [0.2, 0.25) is 12.4 Å². The second-order valence-electron chi connectivity index (χ2n) is 2.29. The lowest BCUT2D eigenvalue weighted by atomic mass is 10.3. The van der Waals surface area contributed by atoms with Crippen LogP contribution in [0.3, 0.4) is 0 Å². The predicted molar refractivity (Wildman–Crippen MR) is 37.6 cm³/mol. The fraction of sp³-hybridized carbons (Fsp3) is 0. The van der Waals surface area contributed by atoms with E-state index < -0.39 is 0 Å². The summed E-state index contributed by atoms with van der Waals surface area (Å²) in [7, 11) is 0. The van der Waals surface area contributed by atoms with Gasteiger partial charge >= 0.3 is 0 Å². The molecular weight excluding hydrogens is 124 g/mol. The summed E-state index contributed by atoms with van der Waals surface area (Å²) in [4.78, 5) is 0. The van der Waals surface area contributed by atoms with Gasteiger partial charge in [-0.05, 0) is 17.7 Å². The minimum absolute atomic E-state index is 1.12. The fourth-order valence-electron chi connectivity index (χ4n) is 1.08. The van der Waals surface area contributed by atoms with E-state index in [1.807, 2.05) is 24.3 Å². The molecule has 2 heteroatoms. The Labute approximate surface area is 58.2 Å². The van der Waals surface area contributed by atoms with Gasteiger partial charge in [0, 0.05) is 0 Å². The third-order valence-corrected chi connectivity index (χ3v) is 1.55. The van der Waals surface area contributed by atoms with Gasteiger partial charge in [-0.3, -0.25) is 0 Å². The van der Waals surface area contributed by atoms with Crippen molar-refractivity contribution in [3.05, 3.63) is 34.7 Å². The summed E-state index contributed by atoms with van der Waals surface area (Å²) in [5.41, 5.74) is 7.24. The highest BCUT2D eigenvalue weighted by atomic mass is 15.1. The van der Waals surface area contributed by atoms with Crippen LogP contribution in [0.2, 0.25) is 0 Å². The van der Waals surface area contributed by atoms with Gasteiger partial charge in [0.05, 0.1) is 10.4 Å². The molecule has 10 heavy (non-hydrogen) atoms. The normalized spacial score (nSPS) is 13.8. The molecule has 0 saturated heterocycles. The molecule has 2 nitrogen and oxygen atoms in total. The van der Waals surface area contributed by atoms with Crippen LogP contribution in [0.15, 0.2) is 24.3 Å². The maximum Gasteiger partial charge on any atom is 0.209 e. The number of nitrogens with one attached hydrogen (secondary N) is 1. The van der Waals surface area contributed by atoms with Crippen LogP contribution >= 0.6 is 0 Å². The maximum absolute atomic E-state index is 7.24. The minimum atomic E-state index is 1.12. The van der Waals surface area contributed by atoms with E-state index in [0.717, 1.165) is 10.4 Å². The molecule has 1 N–H and O–H groups in total. The monoisotopic (exact) mass is 131 g/mol. The van der Waals surface area contributed by atoms with Crippen LogP contribution in [0, 0.1) is 5.53 Å². The van der Waals surface area contributed by atoms with Crippen LogP contribution in [0.1, 0.15) is 0 Å². The molecule has 2 rings (SSSR count). The Balaban J connectivity index is 2.96. The predicted octanol–water partition coefficient (Wildman–Crippen LogP) is 0.220. The van der Waals surface area contributed by atoms with Crippen LogP contribution in [-0.4, -0.2) is 4.70 Å². The average Bonchev–Trinajstić information content (AvgIpc) is 2.27. The van der Waals surface area contributed by atoms with Crippen molar-refractivity contribution < 1.29 is 4.70 Å². The van der Waals surface area contributed by atoms with E-state index in [1.54, 1.807) is 12.4 Å². The van der Waals surface area contributed by atoms with E-state index in [9.17, 15) is 0 Å². The third-order valence-electron chi connectivity index (χ3n) is 1.55. The van der Waals surface area contributed by atoms with E-state index in [2.05, 4.69) is 0 Å². The Hall–Kier alpha value is -1.44. The van der Waals surface area contributed by atoms with E-state index in [1.165, 1.54) is 4.70 Å². The van der Waals surface area contributed by atoms with Crippen LogP contribution in [0.25, 0.3) is 12.4 Å². The molecule has 0 aliphatic carbocycles. The zero-order chi connectivity index (χ0) is 6.97. The molecule has 0 aromatic heterocycles. The van der Waals surface area contributed by atoms with E-state index in [4.69, 9.17) is 5.53 Å². The molecule has 0 amide bonds. The second-order valence-corrected chi connectivity index (χ2v) is 2.29. The number of hydrogen-bond acceptors (Lipinski definition) is 1. The fourth-order valence-corrected chi connectivity index (χ4v) is 1.08. The van der Waals surface area contributed by atoms with E-state index in [0.29, 0.717) is 0 Å². The molecule has 0 bridgehead atoms. The van der Waals surface area contributed by atoms with Crippen molar-refractivity contribution in [2.24, 2.45) is 0 Å². The van der Waals surface area contributed by atoms with Crippen molar-refractivity contribution in [3.63, 3.8) is 0 Å². The molecule has 0 unspecified atom stereocenters. The van der Waals surface area contributed by atoms with Crippen molar-refractivity contribution >= 4 is 12.4 Å². The van der Waals surface area contributed by atoms with Crippen LogP contribution in [-0.2, 0) is 0 Å². The van der Waals surface area contributed by atoms with Crippen molar-refractivity contribution in [3.8, 4) is 0 Å². The van der Waals surface area contributed by atoms with Gasteiger partial charge in [0.25, 0.3) is 0 Å². The lowest BCUT2D eigenvalue weighted by Gasteiger charge is -1.74. The summed E-state index contributed by atoms with van der Waals surface area (Å²) in [6.07, 6.45) is 3.57. The highest BCUT2D eigenvalue weighted by molar-refractivity contribution is 5.30. The van der Waals surface area contributed by atoms with Crippen LogP contribution < -0.4 is 10.4 Å². The summed E-state index contributed by atoms with van der Waals surface area (Å²) in [5, 5.41) is 2.25. The van der Waals surface area contributed by atoms with Crippen molar-refractivity contribution in [2.75, 3.05) is 0 Å². The highest BCUT2D eigenvalue weighted by Crippen LogP contribution is 1.82. The lowest BCUT2D eigenvalue weighted by molar-refractivity contribution is -0.406. The number of fused-ring (bicyclic) bond motifs is 1. The van der Waals surface area contributed by atoms with Crippen molar-refractivity contribution in [1.29, 1.82) is 5.53 Å². The zero-order valence-corrected chi connectivity index (χ0v) is 5.41.